The summed E-state index contributed by atoms with van der Waals surface area (Å²) in [7, 11) is -2.62. The Labute approximate surface area is 228 Å². The summed E-state index contributed by atoms with van der Waals surface area (Å²) >= 11 is 0. The number of nitrogens with two attached hydrogens (primary N) is 1. The maximum absolute atomic E-state index is 12.9. The van der Waals surface area contributed by atoms with E-state index in [-0.39, 0.29) is 58.2 Å². The van der Waals surface area contributed by atoms with Crippen molar-refractivity contribution in [2.75, 3.05) is 26.0 Å². The van der Waals surface area contributed by atoms with Crippen molar-refractivity contribution in [3.8, 4) is 11.1 Å². The quantitative estimate of drug-likeness (QED) is 0.147. The fourth-order valence-electron chi connectivity index (χ4n) is 3.31. The molecule has 4 N–H and O–H groups in total. The number of pyridine rings is 1. The molecule has 0 unspecified atom stereocenters. The Bertz CT molecular complexity index is 1420. The molecule has 0 saturated carbocycles. The van der Waals surface area contributed by atoms with E-state index in [1.54, 1.807) is 6.92 Å². The van der Waals surface area contributed by atoms with E-state index in [9.17, 15) is 37.7 Å². The molecule has 0 radical (unpaired) electrons. The van der Waals surface area contributed by atoms with Crippen LogP contribution in [-0.4, -0.2) is 78.4 Å². The van der Waals surface area contributed by atoms with Gasteiger partial charge in [-0.2, -0.15) is 0 Å². The average molecular weight is 582 g/mol. The third-order valence-electron chi connectivity index (χ3n) is 4.82. The van der Waals surface area contributed by atoms with Gasteiger partial charge in [-0.05, 0) is 19.4 Å². The molecule has 40 heavy (non-hydrogen) atoms. The maximum Gasteiger partial charge on any atom is 0.340 e. The van der Waals surface area contributed by atoms with Crippen LogP contribution >= 0.6 is 0 Å². The zero-order chi connectivity index (χ0) is 30.6. The number of aryl methyl sites for hydroxylation is 1. The highest BCUT2D eigenvalue weighted by Gasteiger charge is 2.31. The van der Waals surface area contributed by atoms with Gasteiger partial charge in [0.25, 0.3) is 5.69 Å². The molecule has 0 amide bonds. The van der Waals surface area contributed by atoms with Crippen molar-refractivity contribution in [2.24, 2.45) is 5.73 Å². The average Bonchev–Trinajstić information content (AvgIpc) is 2.86. The van der Waals surface area contributed by atoms with Crippen LogP contribution in [0.5, 0.6) is 0 Å². The molecule has 0 aliphatic carbocycles. The maximum atomic E-state index is 12.9. The summed E-state index contributed by atoms with van der Waals surface area (Å²) in [5.41, 5.74) is 4.69. The molecule has 1 aromatic heterocycles. The van der Waals surface area contributed by atoms with E-state index >= 15 is 0 Å². The summed E-state index contributed by atoms with van der Waals surface area (Å²) in [4.78, 5) is 59.5. The molecule has 0 fully saturated rings. The van der Waals surface area contributed by atoms with Crippen LogP contribution in [0.25, 0.3) is 11.1 Å². The molecule has 1 heterocycles. The van der Waals surface area contributed by atoms with Crippen molar-refractivity contribution in [1.29, 1.82) is 0 Å². The molecule has 0 atom stereocenters. The Hall–Kier alpha value is -4.70. The topological polar surface area (TPSA) is 243 Å². The predicted molar refractivity (Wildman–Crippen MR) is 139 cm³/mol. The number of aromatic nitrogens is 1. The van der Waals surface area contributed by atoms with E-state index in [2.05, 4.69) is 4.98 Å². The van der Waals surface area contributed by atoms with Crippen LogP contribution < -0.4 is 5.73 Å². The van der Waals surface area contributed by atoms with E-state index in [1.165, 1.54) is 31.2 Å². The number of nitrogens with zero attached hydrogens (tertiary/aromatic N) is 2. The van der Waals surface area contributed by atoms with Crippen LogP contribution in [0.4, 0.5) is 5.69 Å². The molecule has 0 bridgehead atoms. The lowest BCUT2D eigenvalue weighted by atomic mass is 9.92. The van der Waals surface area contributed by atoms with Gasteiger partial charge < -0.3 is 25.4 Å². The Morgan fingerprint density at radius 1 is 1.10 bits per heavy atom. The number of ether oxygens (including phenoxy) is 2. The summed E-state index contributed by atoms with van der Waals surface area (Å²) < 4.78 is 34.9. The van der Waals surface area contributed by atoms with Crippen LogP contribution in [0, 0.1) is 17.0 Å². The van der Waals surface area contributed by atoms with E-state index in [0.717, 1.165) is 7.11 Å². The van der Waals surface area contributed by atoms with Gasteiger partial charge in [0, 0.05) is 36.4 Å². The second kappa shape index (κ2) is 15.0. The highest BCUT2D eigenvalue weighted by molar-refractivity contribution is 7.90. The lowest BCUT2D eigenvalue weighted by molar-refractivity contribution is -0.384. The number of carbonyl (C=O) groups is 4. The summed E-state index contributed by atoms with van der Waals surface area (Å²) in [6.07, 6.45) is 1.12. The van der Waals surface area contributed by atoms with Gasteiger partial charge in [-0.3, -0.25) is 15.1 Å². The van der Waals surface area contributed by atoms with Crippen molar-refractivity contribution < 1.29 is 52.2 Å². The van der Waals surface area contributed by atoms with E-state index in [1.807, 2.05) is 0 Å². The molecule has 216 valence electrons. The number of rotatable bonds is 11. The third-order valence-corrected chi connectivity index (χ3v) is 6.39. The van der Waals surface area contributed by atoms with Crippen LogP contribution in [0.15, 0.2) is 36.4 Å². The molecule has 2 aromatic rings. The van der Waals surface area contributed by atoms with Crippen LogP contribution in [0.3, 0.4) is 0 Å². The second-order valence-corrected chi connectivity index (χ2v) is 9.86. The molecule has 2 rings (SSSR count). The van der Waals surface area contributed by atoms with Crippen LogP contribution in [-0.2, 0) is 34.7 Å². The molecule has 15 nitrogen and oxygen atoms in total. The van der Waals surface area contributed by atoms with Gasteiger partial charge in [0.1, 0.15) is 0 Å². The zero-order valence-electron chi connectivity index (χ0n) is 21.6. The number of esters is 2. The smallest absolute Gasteiger partial charge is 0.340 e. The van der Waals surface area contributed by atoms with Crippen molar-refractivity contribution >= 4 is 39.4 Å². The van der Waals surface area contributed by atoms with Gasteiger partial charge in [-0.1, -0.05) is 12.1 Å². The monoisotopic (exact) mass is 581 g/mol. The Morgan fingerprint density at radius 3 is 2.17 bits per heavy atom. The first-order valence-corrected chi connectivity index (χ1v) is 13.1. The first kappa shape index (κ1) is 33.3. The fraction of sp³-hybridized carbons (Fsp3) is 0.292. The standard InChI is InChI=1S/C20H23N3O8S.C4H4O4/c1-4-31-20(25)18-15(11-32(28,29)9-8-21)22-12(2)16(19(24)30-3)17(18)13-6-5-7-14(10-13)23(26)27;5-3(6)1-2-4(7)8/h5-7,10H,4,8-9,11,21H2,1-3H3;1-2H,(H,5,6)(H,7,8)/b;2-1+. The minimum atomic E-state index is -3.75. The van der Waals surface area contributed by atoms with Crippen molar-refractivity contribution in [3.63, 3.8) is 0 Å². The number of non-ortho nitro benzene ring substituents is 1. The summed E-state index contributed by atoms with van der Waals surface area (Å²) in [6, 6.07) is 5.24. The second-order valence-electron chi connectivity index (χ2n) is 7.68. The van der Waals surface area contributed by atoms with Crippen LogP contribution in [0.2, 0.25) is 0 Å². The summed E-state index contributed by atoms with van der Waals surface area (Å²) in [5.74, 6) is -5.27. The number of carbonyl (C=O) groups excluding carboxylic acids is 2. The van der Waals surface area contributed by atoms with Crippen LogP contribution in [0.1, 0.15) is 39.0 Å². The van der Waals surface area contributed by atoms with Crippen molar-refractivity contribution in [1.82, 2.24) is 4.98 Å². The summed E-state index contributed by atoms with van der Waals surface area (Å²) in [6.45, 7) is 2.83. The third kappa shape index (κ3) is 9.55. The SMILES string of the molecule is CCOC(=O)c1c(CS(=O)(=O)CCN)nc(C)c(C(=O)OC)c1-c1cccc([N+](=O)[O-])c1.O=C(O)/C=C/C(=O)O. The Kier molecular flexibility index (Phi) is 12.5. The minimum Gasteiger partial charge on any atom is -0.478 e. The number of aliphatic carboxylic acids is 2. The first-order chi connectivity index (χ1) is 18.7. The van der Waals surface area contributed by atoms with Gasteiger partial charge in [-0.15, -0.1) is 0 Å². The number of nitro groups is 1. The van der Waals surface area contributed by atoms with Crippen molar-refractivity contribution in [3.05, 3.63) is 69.0 Å². The Morgan fingerprint density at radius 2 is 1.70 bits per heavy atom. The number of methoxy groups -OCH3 is 1. The fourth-order valence-corrected chi connectivity index (χ4v) is 4.44. The zero-order valence-corrected chi connectivity index (χ0v) is 22.5. The number of nitro benzene ring substituents is 1. The highest BCUT2D eigenvalue weighted by atomic mass is 32.2. The molecular weight excluding hydrogens is 554 g/mol. The number of hydrogen-bond donors (Lipinski definition) is 3. The molecule has 0 saturated heterocycles. The lowest BCUT2D eigenvalue weighted by Gasteiger charge is -2.18. The first-order valence-electron chi connectivity index (χ1n) is 11.3. The largest absolute Gasteiger partial charge is 0.478 e. The summed E-state index contributed by atoms with van der Waals surface area (Å²) in [5, 5.41) is 26.9. The lowest BCUT2D eigenvalue weighted by Crippen LogP contribution is -2.22. The Balaban J connectivity index is 0.000000869. The molecule has 0 aliphatic heterocycles. The minimum absolute atomic E-state index is 0.0381. The number of benzene rings is 1. The number of hydrogen-bond acceptors (Lipinski definition) is 12. The number of carboxylic acid groups (broad SMARTS) is 2. The molecular formula is C24H27N3O12S. The predicted octanol–water partition coefficient (Wildman–Crippen LogP) is 1.51. The van der Waals surface area contributed by atoms with Gasteiger partial charge in [0.05, 0.1) is 52.7 Å². The van der Waals surface area contributed by atoms with E-state index in [4.69, 9.17) is 25.4 Å². The highest BCUT2D eigenvalue weighted by Crippen LogP contribution is 2.35. The molecule has 16 heteroatoms. The molecule has 1 aromatic carbocycles. The van der Waals surface area contributed by atoms with Gasteiger partial charge in [0.2, 0.25) is 0 Å². The van der Waals surface area contributed by atoms with Gasteiger partial charge in [0.15, 0.2) is 9.84 Å². The normalized spacial score (nSPS) is 10.8. The van der Waals surface area contributed by atoms with Gasteiger partial charge >= 0.3 is 23.9 Å². The number of sulfone groups is 1. The van der Waals surface area contributed by atoms with Crippen molar-refractivity contribution in [2.45, 2.75) is 19.6 Å². The van der Waals surface area contributed by atoms with E-state index < -0.39 is 44.4 Å². The van der Waals surface area contributed by atoms with Gasteiger partial charge in [-0.25, -0.2) is 27.6 Å². The molecule has 0 aliphatic rings. The van der Waals surface area contributed by atoms with E-state index in [0.29, 0.717) is 12.2 Å². The molecule has 0 spiro atoms. The number of carboxylic acids is 2.